The molecule has 19 heavy (non-hydrogen) atoms. The van der Waals surface area contributed by atoms with Gasteiger partial charge in [-0.1, -0.05) is 18.2 Å². The second-order valence-electron chi connectivity index (χ2n) is 4.17. The van der Waals surface area contributed by atoms with Gasteiger partial charge in [-0.05, 0) is 29.8 Å². The molecule has 0 spiro atoms. The van der Waals surface area contributed by atoms with Crippen molar-refractivity contribution in [2.45, 2.75) is 6.10 Å². The van der Waals surface area contributed by atoms with Crippen molar-refractivity contribution in [3.05, 3.63) is 54.1 Å². The number of aliphatic hydroxyl groups is 1. The minimum absolute atomic E-state index is 0.178. The van der Waals surface area contributed by atoms with Crippen molar-refractivity contribution in [2.75, 3.05) is 19.5 Å². The van der Waals surface area contributed by atoms with Crippen LogP contribution in [0.2, 0.25) is 0 Å². The molecule has 0 saturated heterocycles. The first kappa shape index (κ1) is 13.2. The molecule has 0 aliphatic heterocycles. The third-order valence-corrected chi connectivity index (χ3v) is 2.77. The number of anilines is 1. The minimum atomic E-state index is -0.688. The number of hydrogen-bond donors (Lipinski definition) is 2. The molecule has 4 heteroatoms. The molecule has 0 saturated carbocycles. The molecule has 0 aliphatic carbocycles. The van der Waals surface area contributed by atoms with Gasteiger partial charge in [0.15, 0.2) is 0 Å². The predicted molar refractivity (Wildman–Crippen MR) is 74.3 cm³/mol. The van der Waals surface area contributed by atoms with Crippen LogP contribution in [0.5, 0.6) is 11.5 Å². The number of aliphatic hydroxyl groups excluding tert-OH is 1. The van der Waals surface area contributed by atoms with E-state index in [1.807, 2.05) is 18.2 Å². The number of nitrogen functional groups attached to an aromatic ring is 1. The Bertz CT molecular complexity index is 525. The maximum Gasteiger partial charge on any atom is 0.123 e. The summed E-state index contributed by atoms with van der Waals surface area (Å²) in [7, 11) is 1.60. The van der Waals surface area contributed by atoms with Crippen LogP contribution in [0.1, 0.15) is 11.7 Å². The van der Waals surface area contributed by atoms with Crippen molar-refractivity contribution >= 4 is 5.69 Å². The number of nitrogens with two attached hydrogens (primary N) is 1. The van der Waals surface area contributed by atoms with Gasteiger partial charge < -0.3 is 20.3 Å². The smallest absolute Gasteiger partial charge is 0.123 e. The Morgan fingerprint density at radius 1 is 1.11 bits per heavy atom. The Morgan fingerprint density at radius 2 is 1.79 bits per heavy atom. The molecule has 0 heterocycles. The third kappa shape index (κ3) is 3.63. The molecule has 2 aromatic rings. The van der Waals surface area contributed by atoms with E-state index < -0.39 is 6.10 Å². The average Bonchev–Trinajstić information content (AvgIpc) is 2.46. The Balaban J connectivity index is 1.96. The molecule has 2 aromatic carbocycles. The Hall–Kier alpha value is -2.20. The number of benzene rings is 2. The first-order valence-electron chi connectivity index (χ1n) is 5.99. The number of hydrogen-bond acceptors (Lipinski definition) is 4. The molecule has 1 unspecified atom stereocenters. The topological polar surface area (TPSA) is 64.7 Å². The quantitative estimate of drug-likeness (QED) is 0.809. The molecule has 2 rings (SSSR count). The van der Waals surface area contributed by atoms with E-state index in [-0.39, 0.29) is 6.61 Å². The summed E-state index contributed by atoms with van der Waals surface area (Å²) < 4.78 is 10.6. The average molecular weight is 259 g/mol. The second-order valence-corrected chi connectivity index (χ2v) is 4.17. The van der Waals surface area contributed by atoms with E-state index in [0.717, 1.165) is 11.3 Å². The summed E-state index contributed by atoms with van der Waals surface area (Å²) in [5.74, 6) is 1.38. The zero-order valence-electron chi connectivity index (χ0n) is 10.7. The standard InChI is InChI=1S/C15H17NO3/c1-18-13-3-2-4-14(9-13)19-10-15(17)11-5-7-12(16)8-6-11/h2-9,15,17H,10,16H2,1H3. The highest BCUT2D eigenvalue weighted by atomic mass is 16.5. The van der Waals surface area contributed by atoms with Crippen LogP contribution in [-0.2, 0) is 0 Å². The Kier molecular flexibility index (Phi) is 4.26. The van der Waals surface area contributed by atoms with Crippen LogP contribution in [0.25, 0.3) is 0 Å². The van der Waals surface area contributed by atoms with Gasteiger partial charge in [0.05, 0.1) is 7.11 Å². The lowest BCUT2D eigenvalue weighted by Gasteiger charge is -2.13. The van der Waals surface area contributed by atoms with E-state index >= 15 is 0 Å². The van der Waals surface area contributed by atoms with Gasteiger partial charge in [-0.25, -0.2) is 0 Å². The minimum Gasteiger partial charge on any atom is -0.497 e. The highest BCUT2D eigenvalue weighted by Gasteiger charge is 2.08. The van der Waals surface area contributed by atoms with Crippen LogP contribution in [0.3, 0.4) is 0 Å². The van der Waals surface area contributed by atoms with Gasteiger partial charge in [-0.15, -0.1) is 0 Å². The third-order valence-electron chi connectivity index (χ3n) is 2.77. The van der Waals surface area contributed by atoms with Crippen LogP contribution in [0.15, 0.2) is 48.5 Å². The lowest BCUT2D eigenvalue weighted by molar-refractivity contribution is 0.108. The first-order valence-corrected chi connectivity index (χ1v) is 5.99. The van der Waals surface area contributed by atoms with Gasteiger partial charge in [-0.2, -0.15) is 0 Å². The van der Waals surface area contributed by atoms with Gasteiger partial charge in [-0.3, -0.25) is 0 Å². The van der Waals surface area contributed by atoms with Crippen LogP contribution in [0.4, 0.5) is 5.69 Å². The van der Waals surface area contributed by atoms with Crippen LogP contribution < -0.4 is 15.2 Å². The molecule has 0 aromatic heterocycles. The van der Waals surface area contributed by atoms with E-state index in [1.165, 1.54) is 0 Å². The maximum atomic E-state index is 10.0. The molecule has 0 bridgehead atoms. The molecule has 3 N–H and O–H groups in total. The first-order chi connectivity index (χ1) is 9.19. The van der Waals surface area contributed by atoms with Gasteiger partial charge in [0.2, 0.25) is 0 Å². The van der Waals surface area contributed by atoms with Crippen molar-refractivity contribution in [1.29, 1.82) is 0 Å². The van der Waals surface area contributed by atoms with Crippen molar-refractivity contribution < 1.29 is 14.6 Å². The van der Waals surface area contributed by atoms with Gasteiger partial charge in [0.1, 0.15) is 24.2 Å². The molecule has 0 radical (unpaired) electrons. The van der Waals surface area contributed by atoms with Gasteiger partial charge in [0, 0.05) is 11.8 Å². The molecule has 1 atom stereocenters. The van der Waals surface area contributed by atoms with Crippen molar-refractivity contribution in [2.24, 2.45) is 0 Å². The number of ether oxygens (including phenoxy) is 2. The molecule has 100 valence electrons. The van der Waals surface area contributed by atoms with Gasteiger partial charge in [0.25, 0.3) is 0 Å². The number of methoxy groups -OCH3 is 1. The van der Waals surface area contributed by atoms with Gasteiger partial charge >= 0.3 is 0 Å². The molecule has 0 amide bonds. The summed E-state index contributed by atoms with van der Waals surface area (Å²) in [5.41, 5.74) is 7.04. The zero-order valence-corrected chi connectivity index (χ0v) is 10.7. The van der Waals surface area contributed by atoms with E-state index in [2.05, 4.69) is 0 Å². The van der Waals surface area contributed by atoms with E-state index in [9.17, 15) is 5.11 Å². The highest BCUT2D eigenvalue weighted by Crippen LogP contribution is 2.21. The Labute approximate surface area is 112 Å². The monoisotopic (exact) mass is 259 g/mol. The fourth-order valence-corrected chi connectivity index (χ4v) is 1.68. The number of rotatable bonds is 5. The summed E-state index contributed by atoms with van der Waals surface area (Å²) in [6.07, 6.45) is -0.688. The lowest BCUT2D eigenvalue weighted by atomic mass is 10.1. The summed E-state index contributed by atoms with van der Waals surface area (Å²) >= 11 is 0. The van der Waals surface area contributed by atoms with Crippen molar-refractivity contribution in [1.82, 2.24) is 0 Å². The van der Waals surface area contributed by atoms with Crippen molar-refractivity contribution in [3.8, 4) is 11.5 Å². The van der Waals surface area contributed by atoms with Crippen LogP contribution in [0, 0.1) is 0 Å². The fourth-order valence-electron chi connectivity index (χ4n) is 1.68. The Morgan fingerprint density at radius 3 is 2.47 bits per heavy atom. The van der Waals surface area contributed by atoms with Crippen molar-refractivity contribution in [3.63, 3.8) is 0 Å². The molecular weight excluding hydrogens is 242 g/mol. The van der Waals surface area contributed by atoms with Crippen LogP contribution >= 0.6 is 0 Å². The predicted octanol–water partition coefficient (Wildman–Crippen LogP) is 2.39. The molecule has 0 fully saturated rings. The maximum absolute atomic E-state index is 10.0. The second kappa shape index (κ2) is 6.11. The summed E-state index contributed by atoms with van der Waals surface area (Å²) in [6.45, 7) is 0.178. The normalized spacial score (nSPS) is 11.9. The summed E-state index contributed by atoms with van der Waals surface area (Å²) in [4.78, 5) is 0. The van der Waals surface area contributed by atoms with E-state index in [0.29, 0.717) is 11.4 Å². The lowest BCUT2D eigenvalue weighted by Crippen LogP contribution is -2.09. The fraction of sp³-hybridized carbons (Fsp3) is 0.200. The molecule has 0 aliphatic rings. The van der Waals surface area contributed by atoms with Crippen LogP contribution in [-0.4, -0.2) is 18.8 Å². The largest absolute Gasteiger partial charge is 0.497 e. The van der Waals surface area contributed by atoms with E-state index in [4.69, 9.17) is 15.2 Å². The summed E-state index contributed by atoms with van der Waals surface area (Å²) in [6, 6.07) is 14.3. The SMILES string of the molecule is COc1cccc(OCC(O)c2ccc(N)cc2)c1. The van der Waals surface area contributed by atoms with E-state index in [1.54, 1.807) is 37.4 Å². The molecule has 4 nitrogen and oxygen atoms in total. The summed E-state index contributed by atoms with van der Waals surface area (Å²) in [5, 5.41) is 10.0. The zero-order chi connectivity index (χ0) is 13.7. The highest BCUT2D eigenvalue weighted by molar-refractivity contribution is 5.40. The molecular formula is C15H17NO3.